The fraction of sp³-hybridized carbons (Fsp3) is 0.455. The molecule has 0 aromatic heterocycles. The molecule has 0 saturated heterocycles. The Morgan fingerprint density at radius 1 is 1.33 bits per heavy atom. The Labute approximate surface area is 95.6 Å². The average Bonchev–Trinajstić information content (AvgIpc) is 2.20. The van der Waals surface area contributed by atoms with E-state index in [1.807, 2.05) is 30.0 Å². The van der Waals surface area contributed by atoms with Crippen molar-refractivity contribution in [3.63, 3.8) is 0 Å². The predicted molar refractivity (Wildman–Crippen MR) is 71.4 cm³/mol. The maximum Gasteiger partial charge on any atom is 0.0568 e. The molecule has 0 aliphatic heterocycles. The first kappa shape index (κ1) is 12.0. The molecule has 0 aliphatic carbocycles. The van der Waals surface area contributed by atoms with Crippen LogP contribution in [0.1, 0.15) is 13.8 Å². The van der Waals surface area contributed by atoms with Gasteiger partial charge in [0.15, 0.2) is 0 Å². The monoisotopic (exact) mass is 225 g/mol. The van der Waals surface area contributed by atoms with Gasteiger partial charge in [-0.05, 0) is 30.9 Å². The zero-order chi connectivity index (χ0) is 11.3. The molecule has 0 bridgehead atoms. The van der Waals surface area contributed by atoms with Gasteiger partial charge in [-0.3, -0.25) is 0 Å². The molecular formula is C11H19N3S. The van der Waals surface area contributed by atoms with Gasteiger partial charge in [0.25, 0.3) is 0 Å². The molecule has 0 fully saturated rings. The molecule has 0 saturated carbocycles. The second kappa shape index (κ2) is 5.75. The van der Waals surface area contributed by atoms with Crippen molar-refractivity contribution >= 4 is 28.8 Å². The molecule has 0 aliphatic rings. The molecule has 4 heteroatoms. The van der Waals surface area contributed by atoms with E-state index in [1.165, 1.54) is 0 Å². The Bertz CT molecular complexity index is 315. The van der Waals surface area contributed by atoms with Crippen LogP contribution in [0.15, 0.2) is 18.2 Å². The van der Waals surface area contributed by atoms with Crippen LogP contribution in [0.2, 0.25) is 0 Å². The van der Waals surface area contributed by atoms with Gasteiger partial charge >= 0.3 is 0 Å². The summed E-state index contributed by atoms with van der Waals surface area (Å²) in [5.74, 6) is 2.25. The van der Waals surface area contributed by atoms with Gasteiger partial charge in [-0.2, -0.15) is 11.8 Å². The first-order chi connectivity index (χ1) is 7.13. The van der Waals surface area contributed by atoms with Crippen LogP contribution in [-0.2, 0) is 0 Å². The lowest BCUT2D eigenvalue weighted by atomic mass is 10.2. The lowest BCUT2D eigenvalue weighted by Crippen LogP contribution is -2.18. The van der Waals surface area contributed by atoms with Gasteiger partial charge in [0.1, 0.15) is 0 Å². The third-order valence-corrected chi connectivity index (χ3v) is 3.22. The van der Waals surface area contributed by atoms with Gasteiger partial charge in [-0.15, -0.1) is 0 Å². The van der Waals surface area contributed by atoms with Gasteiger partial charge in [0.05, 0.1) is 11.4 Å². The van der Waals surface area contributed by atoms with Crippen molar-refractivity contribution in [2.24, 2.45) is 0 Å². The van der Waals surface area contributed by atoms with Crippen molar-refractivity contribution in [2.75, 3.05) is 28.3 Å². The maximum atomic E-state index is 5.73. The minimum absolute atomic E-state index is 0.443. The highest BCUT2D eigenvalue weighted by atomic mass is 32.2. The quantitative estimate of drug-likeness (QED) is 0.673. The van der Waals surface area contributed by atoms with E-state index in [4.69, 9.17) is 11.5 Å². The number of nitrogens with one attached hydrogen (secondary N) is 1. The Kier molecular flexibility index (Phi) is 4.62. The Hall–Kier alpha value is -1.03. The van der Waals surface area contributed by atoms with Crippen LogP contribution in [0, 0.1) is 0 Å². The molecular weight excluding hydrogens is 206 g/mol. The number of nitrogen functional groups attached to an aromatic ring is 2. The molecule has 15 heavy (non-hydrogen) atoms. The molecule has 1 atom stereocenters. The van der Waals surface area contributed by atoms with Gasteiger partial charge in [-0.1, -0.05) is 6.92 Å². The molecule has 0 spiro atoms. The Balaban J connectivity index is 2.53. The summed E-state index contributed by atoms with van der Waals surface area (Å²) in [5, 5.41) is 3.39. The van der Waals surface area contributed by atoms with Crippen LogP contribution in [0.3, 0.4) is 0 Å². The second-order valence-electron chi connectivity index (χ2n) is 3.55. The first-order valence-corrected chi connectivity index (χ1v) is 6.28. The molecule has 1 unspecified atom stereocenters. The van der Waals surface area contributed by atoms with Crippen LogP contribution in [-0.4, -0.2) is 17.5 Å². The molecule has 1 aromatic carbocycles. The number of hydrogen-bond acceptors (Lipinski definition) is 4. The SMILES string of the molecule is CCSCC(C)Nc1ccc(N)c(N)c1. The van der Waals surface area contributed by atoms with Crippen LogP contribution >= 0.6 is 11.8 Å². The molecule has 0 radical (unpaired) electrons. The van der Waals surface area contributed by atoms with E-state index in [0.717, 1.165) is 17.2 Å². The van der Waals surface area contributed by atoms with Crippen LogP contribution in [0.5, 0.6) is 0 Å². The normalized spacial score (nSPS) is 12.4. The maximum absolute atomic E-state index is 5.73. The van der Waals surface area contributed by atoms with E-state index in [1.54, 1.807) is 0 Å². The van der Waals surface area contributed by atoms with Gasteiger partial charge < -0.3 is 16.8 Å². The summed E-state index contributed by atoms with van der Waals surface area (Å²) < 4.78 is 0. The standard InChI is InChI=1S/C11H19N3S/c1-3-15-7-8(2)14-9-4-5-10(12)11(13)6-9/h4-6,8,14H,3,7,12-13H2,1-2H3. The molecule has 84 valence electrons. The summed E-state index contributed by atoms with van der Waals surface area (Å²) in [4.78, 5) is 0. The number of anilines is 3. The molecule has 0 amide bonds. The molecule has 1 aromatic rings. The summed E-state index contributed by atoms with van der Waals surface area (Å²) in [6.07, 6.45) is 0. The smallest absolute Gasteiger partial charge is 0.0568 e. The lowest BCUT2D eigenvalue weighted by Gasteiger charge is -2.15. The van der Waals surface area contributed by atoms with Gasteiger partial charge in [-0.25, -0.2) is 0 Å². The molecule has 3 nitrogen and oxygen atoms in total. The summed E-state index contributed by atoms with van der Waals surface area (Å²) in [6.45, 7) is 4.33. The van der Waals surface area contributed by atoms with Gasteiger partial charge in [0, 0.05) is 17.5 Å². The third kappa shape index (κ3) is 3.91. The average molecular weight is 225 g/mol. The van der Waals surface area contributed by atoms with E-state index in [0.29, 0.717) is 17.4 Å². The predicted octanol–water partition coefficient (Wildman–Crippen LogP) is 2.40. The Morgan fingerprint density at radius 3 is 2.67 bits per heavy atom. The zero-order valence-electron chi connectivity index (χ0n) is 9.29. The molecule has 0 heterocycles. The summed E-state index contributed by atoms with van der Waals surface area (Å²) in [7, 11) is 0. The molecule has 1 rings (SSSR count). The minimum atomic E-state index is 0.443. The van der Waals surface area contributed by atoms with Crippen molar-refractivity contribution in [3.05, 3.63) is 18.2 Å². The van der Waals surface area contributed by atoms with E-state index in [2.05, 4.69) is 19.2 Å². The van der Waals surface area contributed by atoms with E-state index < -0.39 is 0 Å². The number of rotatable bonds is 5. The van der Waals surface area contributed by atoms with Crippen LogP contribution in [0.25, 0.3) is 0 Å². The van der Waals surface area contributed by atoms with Crippen molar-refractivity contribution in [1.29, 1.82) is 0 Å². The summed E-state index contributed by atoms with van der Waals surface area (Å²) in [6, 6.07) is 6.11. The van der Waals surface area contributed by atoms with Crippen molar-refractivity contribution in [1.82, 2.24) is 0 Å². The topological polar surface area (TPSA) is 64.1 Å². The third-order valence-electron chi connectivity index (χ3n) is 2.07. The fourth-order valence-corrected chi connectivity index (χ4v) is 1.96. The first-order valence-electron chi connectivity index (χ1n) is 5.12. The van der Waals surface area contributed by atoms with Crippen molar-refractivity contribution < 1.29 is 0 Å². The number of thioether (sulfide) groups is 1. The van der Waals surface area contributed by atoms with Crippen molar-refractivity contribution in [2.45, 2.75) is 19.9 Å². The van der Waals surface area contributed by atoms with Crippen molar-refractivity contribution in [3.8, 4) is 0 Å². The largest absolute Gasteiger partial charge is 0.397 e. The zero-order valence-corrected chi connectivity index (χ0v) is 10.1. The fourth-order valence-electron chi connectivity index (χ4n) is 1.29. The minimum Gasteiger partial charge on any atom is -0.397 e. The van der Waals surface area contributed by atoms with Gasteiger partial charge in [0.2, 0.25) is 0 Å². The highest BCUT2D eigenvalue weighted by molar-refractivity contribution is 7.99. The lowest BCUT2D eigenvalue weighted by molar-refractivity contribution is 0.913. The highest BCUT2D eigenvalue weighted by Crippen LogP contribution is 2.20. The highest BCUT2D eigenvalue weighted by Gasteiger charge is 2.02. The Morgan fingerprint density at radius 2 is 2.07 bits per heavy atom. The van der Waals surface area contributed by atoms with E-state index >= 15 is 0 Å². The van der Waals surface area contributed by atoms with E-state index in [9.17, 15) is 0 Å². The van der Waals surface area contributed by atoms with E-state index in [-0.39, 0.29) is 0 Å². The number of hydrogen-bond donors (Lipinski definition) is 3. The number of nitrogens with two attached hydrogens (primary N) is 2. The summed E-state index contributed by atoms with van der Waals surface area (Å²) in [5.41, 5.74) is 13.7. The van der Waals surface area contributed by atoms with Crippen LogP contribution < -0.4 is 16.8 Å². The molecule has 5 N–H and O–H groups in total. The van der Waals surface area contributed by atoms with Crippen LogP contribution in [0.4, 0.5) is 17.1 Å². The second-order valence-corrected chi connectivity index (χ2v) is 4.87. The number of benzene rings is 1. The summed E-state index contributed by atoms with van der Waals surface area (Å²) >= 11 is 1.92.